The first-order valence-electron chi connectivity index (χ1n) is 7.03. The number of anilines is 2. The third kappa shape index (κ3) is 4.31. The van der Waals surface area contributed by atoms with E-state index < -0.39 is 10.5 Å². The molecule has 0 saturated carbocycles. The number of nitrogens with one attached hydrogen (secondary N) is 3. The quantitative estimate of drug-likeness (QED) is 0.286. The molecule has 0 aliphatic heterocycles. The van der Waals surface area contributed by atoms with Gasteiger partial charge in [-0.2, -0.15) is 10.5 Å². The van der Waals surface area contributed by atoms with Gasteiger partial charge in [-0.1, -0.05) is 12.1 Å². The molecule has 0 amide bonds. The molecule has 8 nitrogen and oxygen atoms in total. The molecule has 1 aromatic heterocycles. The third-order valence-electron chi connectivity index (χ3n) is 3.36. The Balaban J connectivity index is 1.83. The fourth-order valence-electron chi connectivity index (χ4n) is 2.17. The fourth-order valence-corrected chi connectivity index (χ4v) is 3.47. The number of nitrogens with zero attached hydrogens (tertiary/aromatic N) is 1. The lowest BCUT2D eigenvalue weighted by Gasteiger charge is -2.13. The molecular weight excluding hydrogens is 459 g/mol. The Morgan fingerprint density at radius 1 is 1.08 bits per heavy atom. The minimum absolute atomic E-state index is 0.186. The summed E-state index contributed by atoms with van der Waals surface area (Å²) < 4.78 is 0.660. The molecule has 0 radical (unpaired) electrons. The zero-order valence-electron chi connectivity index (χ0n) is 12.6. The Morgan fingerprint density at radius 3 is 2.60 bits per heavy atom. The van der Waals surface area contributed by atoms with Crippen LogP contribution in [-0.4, -0.2) is 15.4 Å². The highest BCUT2D eigenvalue weighted by molar-refractivity contribution is 14.1. The molecule has 2 atom stereocenters. The van der Waals surface area contributed by atoms with Gasteiger partial charge in [0.05, 0.1) is 9.26 Å². The van der Waals surface area contributed by atoms with Crippen LogP contribution in [0.1, 0.15) is 0 Å². The standard InChI is InChI=1S/C15H13IN4O4S/c16-12-5-4-9(6-14(12)20(23)24)13-8-25-15(18-13)17-10-2-1-3-11(7-10)19(21)22/h1-8,19-21,23H,(H,17,18). The van der Waals surface area contributed by atoms with E-state index in [1.54, 1.807) is 24.3 Å². The van der Waals surface area contributed by atoms with Crippen molar-refractivity contribution in [2.75, 3.05) is 5.32 Å². The Hall–Kier alpha value is -1.64. The normalized spacial score (nSPS) is 13.5. The number of rotatable bonds is 5. The lowest BCUT2D eigenvalue weighted by atomic mass is 10.1. The Bertz CT molecular complexity index is 887. The molecule has 0 aliphatic rings. The van der Waals surface area contributed by atoms with Gasteiger partial charge >= 0.3 is 0 Å². The van der Waals surface area contributed by atoms with Crippen molar-refractivity contribution in [3.05, 3.63) is 61.8 Å². The maximum absolute atomic E-state index is 11.3. The van der Waals surface area contributed by atoms with E-state index in [9.17, 15) is 15.6 Å². The smallest absolute Gasteiger partial charge is 0.187 e. The first-order valence-corrected chi connectivity index (χ1v) is 8.99. The van der Waals surface area contributed by atoms with E-state index >= 15 is 0 Å². The van der Waals surface area contributed by atoms with Crippen LogP contribution < -0.4 is 15.8 Å². The van der Waals surface area contributed by atoms with Crippen LogP contribution in [0.3, 0.4) is 0 Å². The average molecular weight is 472 g/mol. The number of aromatic nitrogens is 1. The molecule has 0 bridgehead atoms. The number of thiazole rings is 1. The Morgan fingerprint density at radius 2 is 1.88 bits per heavy atom. The first-order chi connectivity index (χ1) is 11.9. The summed E-state index contributed by atoms with van der Waals surface area (Å²) in [5, 5.41) is 44.0. The number of benzene rings is 2. The largest absolute Gasteiger partial charge is 0.595 e. The molecule has 0 spiro atoms. The molecule has 2 aromatic carbocycles. The van der Waals surface area contributed by atoms with Crippen LogP contribution >= 0.6 is 33.9 Å². The summed E-state index contributed by atoms with van der Waals surface area (Å²) in [6, 6.07) is 11.6. The van der Waals surface area contributed by atoms with Crippen molar-refractivity contribution < 1.29 is 20.9 Å². The Labute approximate surface area is 160 Å². The van der Waals surface area contributed by atoms with Crippen LogP contribution in [0.15, 0.2) is 47.8 Å². The van der Waals surface area contributed by atoms with Gasteiger partial charge in [0, 0.05) is 34.8 Å². The summed E-state index contributed by atoms with van der Waals surface area (Å²) in [7, 11) is 0. The molecule has 1 heterocycles. The van der Waals surface area contributed by atoms with E-state index in [-0.39, 0.29) is 11.4 Å². The van der Waals surface area contributed by atoms with Gasteiger partial charge < -0.3 is 15.7 Å². The van der Waals surface area contributed by atoms with Crippen LogP contribution in [-0.2, 0) is 0 Å². The summed E-state index contributed by atoms with van der Waals surface area (Å²) in [6.07, 6.45) is 0. The first kappa shape index (κ1) is 18.2. The molecule has 10 heteroatoms. The minimum atomic E-state index is -0.997. The molecule has 130 valence electrons. The van der Waals surface area contributed by atoms with E-state index in [1.807, 2.05) is 34.0 Å². The van der Waals surface area contributed by atoms with Gasteiger partial charge in [0.25, 0.3) is 0 Å². The summed E-state index contributed by atoms with van der Waals surface area (Å²) in [5.74, 6) is 0. The molecule has 3 rings (SSSR count). The van der Waals surface area contributed by atoms with Crippen molar-refractivity contribution >= 4 is 56.1 Å². The van der Waals surface area contributed by atoms with Gasteiger partial charge in [-0.25, -0.2) is 15.4 Å². The summed E-state index contributed by atoms with van der Waals surface area (Å²) in [6.45, 7) is 0. The van der Waals surface area contributed by atoms with Crippen LogP contribution in [0.5, 0.6) is 0 Å². The van der Waals surface area contributed by atoms with E-state index in [4.69, 9.17) is 5.21 Å². The van der Waals surface area contributed by atoms with Gasteiger partial charge in [0.1, 0.15) is 0 Å². The monoisotopic (exact) mass is 472 g/mol. The van der Waals surface area contributed by atoms with Gasteiger partial charge in [-0.05, 0) is 34.7 Å². The summed E-state index contributed by atoms with van der Waals surface area (Å²) in [5.41, 5.74) is 2.40. The van der Waals surface area contributed by atoms with Crippen LogP contribution in [0, 0.1) is 14.0 Å². The van der Waals surface area contributed by atoms with Crippen molar-refractivity contribution in [1.82, 2.24) is 4.98 Å². The zero-order valence-corrected chi connectivity index (χ0v) is 15.5. The van der Waals surface area contributed by atoms with Crippen LogP contribution in [0.2, 0.25) is 0 Å². The van der Waals surface area contributed by atoms with Crippen molar-refractivity contribution in [2.45, 2.75) is 0 Å². The highest BCUT2D eigenvalue weighted by Crippen LogP contribution is 2.29. The lowest BCUT2D eigenvalue weighted by Crippen LogP contribution is -2.99. The molecule has 0 saturated heterocycles. The van der Waals surface area contributed by atoms with E-state index in [2.05, 4.69) is 10.3 Å². The number of hydrogen-bond acceptors (Lipinski definition) is 7. The zero-order chi connectivity index (χ0) is 18.0. The number of quaternary nitrogens is 2. The maximum atomic E-state index is 11.3. The van der Waals surface area contributed by atoms with Crippen LogP contribution in [0.4, 0.5) is 22.2 Å². The second-order valence-corrected chi connectivity index (χ2v) is 7.07. The topological polar surface area (TPSA) is 120 Å². The molecule has 3 aromatic rings. The SMILES string of the molecule is [O-][NH+](O)c1cccc(Nc2nc(-c3ccc(I)c([NH+]([O-])O)c3)cs2)c1. The second-order valence-electron chi connectivity index (χ2n) is 5.05. The number of halogens is 1. The summed E-state index contributed by atoms with van der Waals surface area (Å²) >= 11 is 3.33. The third-order valence-corrected chi connectivity index (χ3v) is 5.06. The highest BCUT2D eigenvalue weighted by atomic mass is 127. The van der Waals surface area contributed by atoms with Crippen molar-refractivity contribution in [2.24, 2.45) is 0 Å². The second kappa shape index (κ2) is 7.72. The number of hydrogen-bond donors (Lipinski definition) is 5. The van der Waals surface area contributed by atoms with Gasteiger partial charge in [-0.3, -0.25) is 0 Å². The summed E-state index contributed by atoms with van der Waals surface area (Å²) in [4.78, 5) is 4.45. The van der Waals surface area contributed by atoms with Gasteiger partial charge in [-0.15, -0.1) is 11.3 Å². The molecule has 0 aliphatic carbocycles. The highest BCUT2D eigenvalue weighted by Gasteiger charge is 2.12. The van der Waals surface area contributed by atoms with E-state index in [0.29, 0.717) is 25.6 Å². The van der Waals surface area contributed by atoms with Gasteiger partial charge in [0.15, 0.2) is 16.5 Å². The minimum Gasteiger partial charge on any atom is -0.595 e. The predicted molar refractivity (Wildman–Crippen MR) is 102 cm³/mol. The molecular formula is C15H13IN4O4S. The molecule has 2 unspecified atom stereocenters. The molecule has 0 fully saturated rings. The fraction of sp³-hybridized carbons (Fsp3) is 0. The lowest BCUT2D eigenvalue weighted by molar-refractivity contribution is -0.991. The van der Waals surface area contributed by atoms with Gasteiger partial charge in [0.2, 0.25) is 0 Å². The maximum Gasteiger partial charge on any atom is 0.187 e. The Kier molecular flexibility index (Phi) is 5.61. The van der Waals surface area contributed by atoms with Crippen molar-refractivity contribution in [1.29, 1.82) is 0 Å². The molecule has 25 heavy (non-hydrogen) atoms. The van der Waals surface area contributed by atoms with E-state index in [0.717, 1.165) is 0 Å². The molecule has 5 N–H and O–H groups in total. The van der Waals surface area contributed by atoms with Crippen molar-refractivity contribution in [3.8, 4) is 11.3 Å². The average Bonchev–Trinajstić information content (AvgIpc) is 3.03. The van der Waals surface area contributed by atoms with Crippen LogP contribution in [0.25, 0.3) is 11.3 Å². The van der Waals surface area contributed by atoms with Crippen molar-refractivity contribution in [3.63, 3.8) is 0 Å². The van der Waals surface area contributed by atoms with E-state index in [1.165, 1.54) is 23.5 Å². The predicted octanol–water partition coefficient (Wildman–Crippen LogP) is 1.97.